The van der Waals surface area contributed by atoms with Gasteiger partial charge in [0.2, 0.25) is 0 Å². The van der Waals surface area contributed by atoms with E-state index >= 15 is 0 Å². The van der Waals surface area contributed by atoms with Crippen LogP contribution < -0.4 is 10.2 Å². The molecule has 1 N–H and O–H groups in total. The molecule has 0 unspecified atom stereocenters. The second-order valence-electron chi connectivity index (χ2n) is 8.75. The lowest BCUT2D eigenvalue weighted by molar-refractivity contribution is -0.136. The van der Waals surface area contributed by atoms with Gasteiger partial charge in [-0.25, -0.2) is 4.39 Å². The molecule has 0 atom stereocenters. The van der Waals surface area contributed by atoms with E-state index < -0.39 is 0 Å². The number of carbonyl (C=O) groups is 2. The highest BCUT2D eigenvalue weighted by atomic mass is 19.1. The summed E-state index contributed by atoms with van der Waals surface area (Å²) in [6.07, 6.45) is 0.447. The normalized spacial score (nSPS) is 13.6. The Labute approximate surface area is 199 Å². The lowest BCUT2D eigenvalue weighted by Crippen LogP contribution is -2.34. The van der Waals surface area contributed by atoms with Crippen LogP contribution in [0.2, 0.25) is 0 Å². The molecule has 0 saturated heterocycles. The molecule has 0 radical (unpaired) electrons. The first-order chi connectivity index (χ1) is 16.2. The van der Waals surface area contributed by atoms with Gasteiger partial charge >= 0.3 is 0 Å². The number of halogens is 1. The van der Waals surface area contributed by atoms with Gasteiger partial charge in [0.15, 0.2) is 0 Å². The number of amides is 2. The van der Waals surface area contributed by atoms with Gasteiger partial charge in [0, 0.05) is 32.0 Å². The summed E-state index contributed by atoms with van der Waals surface area (Å²) in [5, 5.41) is 3.20. The number of anilines is 2. The highest BCUT2D eigenvalue weighted by Crippen LogP contribution is 2.32. The Kier molecular flexibility index (Phi) is 6.50. The maximum atomic E-state index is 13.5. The quantitative estimate of drug-likeness (QED) is 0.511. The van der Waals surface area contributed by atoms with Crippen molar-refractivity contribution in [2.75, 3.05) is 30.9 Å². The van der Waals surface area contributed by atoms with Gasteiger partial charge in [-0.05, 0) is 78.9 Å². The second kappa shape index (κ2) is 9.51. The Morgan fingerprint density at radius 3 is 2.15 bits per heavy atom. The average molecular weight is 458 g/mol. The van der Waals surface area contributed by atoms with Crippen LogP contribution in [0.3, 0.4) is 0 Å². The maximum Gasteiger partial charge on any atom is 0.278 e. The molecular formula is C28H28FN3O2. The van der Waals surface area contributed by atoms with Crippen LogP contribution in [0.5, 0.6) is 0 Å². The van der Waals surface area contributed by atoms with Crippen LogP contribution in [-0.2, 0) is 16.0 Å². The third-order valence-electron chi connectivity index (χ3n) is 6.15. The number of rotatable bonds is 7. The van der Waals surface area contributed by atoms with E-state index in [0.29, 0.717) is 17.6 Å². The zero-order valence-electron chi connectivity index (χ0n) is 19.9. The topological polar surface area (TPSA) is 52.7 Å². The molecule has 0 aromatic heterocycles. The molecule has 2 amide bonds. The smallest absolute Gasteiger partial charge is 0.278 e. The predicted molar refractivity (Wildman–Crippen MR) is 134 cm³/mol. The summed E-state index contributed by atoms with van der Waals surface area (Å²) in [4.78, 5) is 30.2. The summed E-state index contributed by atoms with van der Waals surface area (Å²) in [5.74, 6) is -1.01. The van der Waals surface area contributed by atoms with Gasteiger partial charge in [0.05, 0.1) is 5.57 Å². The van der Waals surface area contributed by atoms with Gasteiger partial charge in [-0.1, -0.05) is 30.3 Å². The van der Waals surface area contributed by atoms with Gasteiger partial charge in [-0.15, -0.1) is 0 Å². The molecule has 34 heavy (non-hydrogen) atoms. The Morgan fingerprint density at radius 1 is 0.853 bits per heavy atom. The highest BCUT2D eigenvalue weighted by molar-refractivity contribution is 6.36. The fourth-order valence-corrected chi connectivity index (χ4v) is 3.94. The first-order valence-electron chi connectivity index (χ1n) is 11.2. The monoisotopic (exact) mass is 457 g/mol. The van der Waals surface area contributed by atoms with Crippen LogP contribution in [0.25, 0.3) is 5.57 Å². The Morgan fingerprint density at radius 2 is 1.53 bits per heavy atom. The van der Waals surface area contributed by atoms with E-state index in [1.165, 1.54) is 17.0 Å². The van der Waals surface area contributed by atoms with Crippen LogP contribution >= 0.6 is 0 Å². The third-order valence-corrected chi connectivity index (χ3v) is 6.15. The number of imide groups is 1. The van der Waals surface area contributed by atoms with Crippen molar-refractivity contribution in [2.45, 2.75) is 20.3 Å². The largest absolute Gasteiger partial charge is 0.378 e. The minimum Gasteiger partial charge on any atom is -0.378 e. The minimum absolute atomic E-state index is 0.211. The molecule has 1 heterocycles. The summed E-state index contributed by atoms with van der Waals surface area (Å²) < 4.78 is 13.2. The van der Waals surface area contributed by atoms with Crippen molar-refractivity contribution < 1.29 is 14.0 Å². The van der Waals surface area contributed by atoms with Crippen molar-refractivity contribution in [2.24, 2.45) is 0 Å². The van der Waals surface area contributed by atoms with Crippen molar-refractivity contribution in [3.8, 4) is 0 Å². The molecule has 0 aliphatic carbocycles. The van der Waals surface area contributed by atoms with Gasteiger partial charge in [0.1, 0.15) is 11.5 Å². The number of carbonyl (C=O) groups excluding carboxylic acids is 2. The average Bonchev–Trinajstić information content (AvgIpc) is 3.04. The molecular weight excluding hydrogens is 429 g/mol. The number of benzene rings is 3. The number of aryl methyl sites for hydroxylation is 2. The van der Waals surface area contributed by atoms with E-state index in [1.54, 1.807) is 12.1 Å². The summed E-state index contributed by atoms with van der Waals surface area (Å²) >= 11 is 0. The van der Waals surface area contributed by atoms with Crippen molar-refractivity contribution in [1.82, 2.24) is 4.90 Å². The Bertz CT molecular complexity index is 1260. The molecule has 4 rings (SSSR count). The summed E-state index contributed by atoms with van der Waals surface area (Å²) in [6.45, 7) is 4.21. The van der Waals surface area contributed by atoms with Crippen molar-refractivity contribution >= 4 is 28.8 Å². The molecule has 0 spiro atoms. The molecule has 174 valence electrons. The van der Waals surface area contributed by atoms with E-state index in [2.05, 4.69) is 5.32 Å². The van der Waals surface area contributed by atoms with E-state index in [-0.39, 0.29) is 29.9 Å². The molecule has 0 fully saturated rings. The number of hydrogen-bond acceptors (Lipinski definition) is 4. The lowest BCUT2D eigenvalue weighted by atomic mass is 9.99. The fraction of sp³-hybridized carbons (Fsp3) is 0.214. The van der Waals surface area contributed by atoms with Crippen LogP contribution in [0, 0.1) is 19.7 Å². The standard InChI is InChI=1S/C28H28FN3O2/c1-18-5-8-21(17-19(18)2)25-26(30-23-11-13-24(14-12-23)31(3)4)28(34)32(27(25)33)16-15-20-6-9-22(29)10-7-20/h5-14,17,30H,15-16H2,1-4H3. The fourth-order valence-electron chi connectivity index (χ4n) is 3.94. The first kappa shape index (κ1) is 23.2. The molecule has 3 aromatic carbocycles. The van der Waals surface area contributed by atoms with Gasteiger partial charge < -0.3 is 10.2 Å². The number of nitrogens with zero attached hydrogens (tertiary/aromatic N) is 2. The van der Waals surface area contributed by atoms with Gasteiger partial charge in [-0.2, -0.15) is 0 Å². The predicted octanol–water partition coefficient (Wildman–Crippen LogP) is 4.94. The van der Waals surface area contributed by atoms with Crippen LogP contribution in [0.4, 0.5) is 15.8 Å². The SMILES string of the molecule is Cc1ccc(C2=C(Nc3ccc(N(C)C)cc3)C(=O)N(CCc3ccc(F)cc3)C2=O)cc1C. The minimum atomic E-state index is -0.364. The zero-order chi connectivity index (χ0) is 24.4. The Balaban J connectivity index is 1.66. The van der Waals surface area contributed by atoms with Crippen molar-refractivity contribution in [3.05, 3.63) is 100 Å². The van der Waals surface area contributed by atoms with Crippen LogP contribution in [0.15, 0.2) is 72.4 Å². The summed E-state index contributed by atoms with van der Waals surface area (Å²) in [7, 11) is 3.92. The summed E-state index contributed by atoms with van der Waals surface area (Å²) in [5.41, 5.74) is 6.11. The number of hydrogen-bond donors (Lipinski definition) is 1. The first-order valence-corrected chi connectivity index (χ1v) is 11.2. The van der Waals surface area contributed by atoms with E-state index in [1.807, 2.05) is 75.3 Å². The van der Waals surface area contributed by atoms with Crippen LogP contribution in [-0.4, -0.2) is 37.4 Å². The Hall–Kier alpha value is -3.93. The molecule has 5 nitrogen and oxygen atoms in total. The molecule has 1 aliphatic heterocycles. The molecule has 0 bridgehead atoms. The van der Waals surface area contributed by atoms with Crippen molar-refractivity contribution in [1.29, 1.82) is 0 Å². The second-order valence-corrected chi connectivity index (χ2v) is 8.75. The molecule has 6 heteroatoms. The molecule has 3 aromatic rings. The van der Waals surface area contributed by atoms with Gasteiger partial charge in [-0.3, -0.25) is 14.5 Å². The summed E-state index contributed by atoms with van der Waals surface area (Å²) in [6, 6.07) is 19.6. The third kappa shape index (κ3) is 4.71. The van der Waals surface area contributed by atoms with Crippen LogP contribution in [0.1, 0.15) is 22.3 Å². The lowest BCUT2D eigenvalue weighted by Gasteiger charge is -2.16. The number of nitrogens with one attached hydrogen (secondary N) is 1. The van der Waals surface area contributed by atoms with Crippen molar-refractivity contribution in [3.63, 3.8) is 0 Å². The van der Waals surface area contributed by atoms with E-state index in [9.17, 15) is 14.0 Å². The molecule has 0 saturated carbocycles. The molecule has 1 aliphatic rings. The van der Waals surface area contributed by atoms with Gasteiger partial charge in [0.25, 0.3) is 11.8 Å². The van der Waals surface area contributed by atoms with E-state index in [0.717, 1.165) is 28.1 Å². The van der Waals surface area contributed by atoms with E-state index in [4.69, 9.17) is 0 Å². The maximum absolute atomic E-state index is 13.5. The highest BCUT2D eigenvalue weighted by Gasteiger charge is 2.39. The zero-order valence-corrected chi connectivity index (χ0v) is 19.9.